The van der Waals surface area contributed by atoms with Gasteiger partial charge in [-0.1, -0.05) is 61.3 Å². The van der Waals surface area contributed by atoms with Gasteiger partial charge in [-0.25, -0.2) is 14.8 Å². The van der Waals surface area contributed by atoms with Gasteiger partial charge in [-0.05, 0) is 59.9 Å². The summed E-state index contributed by atoms with van der Waals surface area (Å²) in [5.41, 5.74) is 8.71. The van der Waals surface area contributed by atoms with E-state index in [1.54, 1.807) is 11.1 Å². The predicted octanol–water partition coefficient (Wildman–Crippen LogP) is 7.07. The summed E-state index contributed by atoms with van der Waals surface area (Å²) in [5.74, 6) is 4.73. The van der Waals surface area contributed by atoms with Gasteiger partial charge in [0.1, 0.15) is 20.0 Å². The number of nitrogens with one attached hydrogen (secondary N) is 1. The maximum absolute atomic E-state index is 13.0. The van der Waals surface area contributed by atoms with E-state index in [1.165, 1.54) is 5.69 Å². The molecule has 1 N–H and O–H groups in total. The summed E-state index contributed by atoms with van der Waals surface area (Å²) in [6, 6.07) is 10.3. The van der Waals surface area contributed by atoms with Gasteiger partial charge in [0.2, 0.25) is 5.95 Å². The zero-order valence-corrected chi connectivity index (χ0v) is 29.4. The second-order valence-corrected chi connectivity index (χ2v) is 19.4. The quantitative estimate of drug-likeness (QED) is 0.210. The molecule has 2 saturated heterocycles. The maximum atomic E-state index is 13.0. The van der Waals surface area contributed by atoms with E-state index in [2.05, 4.69) is 118 Å². The highest BCUT2D eigenvalue weighted by Gasteiger charge is 2.42. The van der Waals surface area contributed by atoms with Gasteiger partial charge in [0.15, 0.2) is 5.65 Å². The van der Waals surface area contributed by atoms with Crippen LogP contribution in [-0.4, -0.2) is 79.9 Å². The van der Waals surface area contributed by atoms with Crippen molar-refractivity contribution in [3.8, 4) is 11.5 Å². The minimum Gasteiger partial charge on any atom is -0.444 e. The molecule has 2 fully saturated rings. The number of fused-ring (bicyclic) bond motifs is 1. The number of nitrogens with zero attached hydrogens (tertiary/aromatic N) is 6. The normalized spacial score (nSPS) is 17.9. The Morgan fingerprint density at radius 1 is 0.933 bits per heavy atom. The van der Waals surface area contributed by atoms with Crippen LogP contribution in [0.25, 0.3) is 11.0 Å². The molecule has 4 heterocycles. The van der Waals surface area contributed by atoms with Crippen molar-refractivity contribution < 1.29 is 9.53 Å². The highest BCUT2D eigenvalue weighted by Crippen LogP contribution is 2.41. The molecule has 240 valence electrons. The molecular weight excluding hydrogens is 579 g/mol. The number of hydrogen-bond acceptors (Lipinski definition) is 8. The Kier molecular flexibility index (Phi) is 9.70. The Labute approximate surface area is 269 Å². The summed E-state index contributed by atoms with van der Waals surface area (Å²) in [4.78, 5) is 33.7. The first-order valence-electron chi connectivity index (χ1n) is 16.4. The number of likely N-dealkylation sites (N-methyl/N-ethyl adjacent to an activating group) is 1. The average molecular weight is 628 g/mol. The first-order valence-corrected chi connectivity index (χ1v) is 18.6. The minimum atomic E-state index is -2.01. The molecule has 2 aliphatic rings. The van der Waals surface area contributed by atoms with Crippen molar-refractivity contribution in [2.75, 3.05) is 54.9 Å². The summed E-state index contributed by atoms with van der Waals surface area (Å²) in [7, 11) is 0.150. The van der Waals surface area contributed by atoms with Crippen LogP contribution in [0.4, 0.5) is 27.9 Å². The Morgan fingerprint density at radius 2 is 1.58 bits per heavy atom. The number of cyclic esters (lactones) is 1. The van der Waals surface area contributed by atoms with Crippen LogP contribution in [-0.2, 0) is 4.74 Å². The lowest BCUT2D eigenvalue weighted by Gasteiger charge is -2.38. The van der Waals surface area contributed by atoms with Gasteiger partial charge < -0.3 is 19.9 Å². The van der Waals surface area contributed by atoms with E-state index in [1.807, 2.05) is 6.07 Å². The van der Waals surface area contributed by atoms with Crippen LogP contribution < -0.4 is 15.1 Å². The van der Waals surface area contributed by atoms with Crippen molar-refractivity contribution >= 4 is 48.3 Å². The standard InChI is InChI=1S/C35H49N7O2Si/c1-23(2)31-22-42(35(43)44-31)32-20-27(14-19-45(24(3)4,25(5)6)26(7)8)30-21-36-34(39-33(30)38-32)37-28-10-12-29(13-11-28)41-17-15-40(9)16-18-41/h10-13,20-21,23-26,31H,15-18,22H2,1-9H3,(H,36,37,38,39). The maximum Gasteiger partial charge on any atom is 0.415 e. The summed E-state index contributed by atoms with van der Waals surface area (Å²) in [6.07, 6.45) is 1.22. The number of piperazine rings is 1. The number of benzene rings is 1. The van der Waals surface area contributed by atoms with Crippen LogP contribution in [0, 0.1) is 17.4 Å². The number of rotatable bonds is 8. The molecule has 0 saturated carbocycles. The molecule has 9 nitrogen and oxygen atoms in total. The van der Waals surface area contributed by atoms with E-state index in [0.717, 1.165) is 42.8 Å². The Balaban J connectivity index is 1.52. The number of amides is 1. The van der Waals surface area contributed by atoms with Crippen LogP contribution in [0.3, 0.4) is 0 Å². The molecular formula is C35H49N7O2Si. The van der Waals surface area contributed by atoms with Crippen LogP contribution >= 0.6 is 0 Å². The first-order chi connectivity index (χ1) is 21.4. The summed E-state index contributed by atoms with van der Waals surface area (Å²) < 4.78 is 5.68. The van der Waals surface area contributed by atoms with Gasteiger partial charge >= 0.3 is 6.09 Å². The SMILES string of the molecule is CC(C)C1CN(c2cc(C#C[Si](C(C)C)(C(C)C)C(C)C)c3cnc(Nc4ccc(N5CCN(C)CC5)cc4)nc3n2)C(=O)O1. The molecule has 1 atom stereocenters. The fraction of sp³-hybridized carbons (Fsp3) is 0.543. The molecule has 0 radical (unpaired) electrons. The van der Waals surface area contributed by atoms with Crippen molar-refractivity contribution in [3.05, 3.63) is 42.1 Å². The van der Waals surface area contributed by atoms with Crippen LogP contribution in [0.1, 0.15) is 61.0 Å². The summed E-state index contributed by atoms with van der Waals surface area (Å²) >= 11 is 0. The second-order valence-electron chi connectivity index (χ2n) is 13.8. The molecule has 3 aromatic rings. The Morgan fingerprint density at radius 3 is 2.16 bits per heavy atom. The van der Waals surface area contributed by atoms with Gasteiger partial charge in [-0.15, -0.1) is 5.54 Å². The zero-order valence-electron chi connectivity index (χ0n) is 28.4. The van der Waals surface area contributed by atoms with Gasteiger partial charge in [0.05, 0.1) is 11.9 Å². The molecule has 1 unspecified atom stereocenters. The van der Waals surface area contributed by atoms with Crippen molar-refractivity contribution in [2.24, 2.45) is 5.92 Å². The van der Waals surface area contributed by atoms with Crippen LogP contribution in [0.5, 0.6) is 0 Å². The third-order valence-electron chi connectivity index (χ3n) is 9.68. The summed E-state index contributed by atoms with van der Waals surface area (Å²) in [5, 5.41) is 4.12. The second kappa shape index (κ2) is 13.4. The van der Waals surface area contributed by atoms with Crippen molar-refractivity contribution in [2.45, 2.75) is 78.1 Å². The van der Waals surface area contributed by atoms with Gasteiger partial charge in [-0.2, -0.15) is 4.98 Å². The third kappa shape index (κ3) is 6.80. The topological polar surface area (TPSA) is 86.7 Å². The molecule has 2 aliphatic heterocycles. The smallest absolute Gasteiger partial charge is 0.415 e. The molecule has 45 heavy (non-hydrogen) atoms. The average Bonchev–Trinajstić information content (AvgIpc) is 3.39. The van der Waals surface area contributed by atoms with Gasteiger partial charge in [-0.3, -0.25) is 4.90 Å². The third-order valence-corrected chi connectivity index (χ3v) is 16.0. The summed E-state index contributed by atoms with van der Waals surface area (Å²) in [6.45, 7) is 22.6. The number of aromatic nitrogens is 3. The highest BCUT2D eigenvalue weighted by molar-refractivity contribution is 6.90. The van der Waals surface area contributed by atoms with Gasteiger partial charge in [0, 0.05) is 49.3 Å². The van der Waals surface area contributed by atoms with Crippen molar-refractivity contribution in [3.63, 3.8) is 0 Å². The lowest BCUT2D eigenvalue weighted by Crippen LogP contribution is -2.44. The van der Waals surface area contributed by atoms with Crippen LogP contribution in [0.2, 0.25) is 16.6 Å². The lowest BCUT2D eigenvalue weighted by atomic mass is 10.1. The van der Waals surface area contributed by atoms with Crippen molar-refractivity contribution in [1.82, 2.24) is 19.9 Å². The molecule has 1 amide bonds. The Bertz CT molecular complexity index is 1550. The van der Waals surface area contributed by atoms with E-state index >= 15 is 0 Å². The van der Waals surface area contributed by atoms with E-state index in [0.29, 0.717) is 40.6 Å². The van der Waals surface area contributed by atoms with E-state index in [9.17, 15) is 4.79 Å². The minimum absolute atomic E-state index is 0.191. The number of ether oxygens (including phenoxy) is 1. The fourth-order valence-electron chi connectivity index (χ4n) is 6.87. The molecule has 0 bridgehead atoms. The van der Waals surface area contributed by atoms with Gasteiger partial charge in [0.25, 0.3) is 0 Å². The zero-order chi connectivity index (χ0) is 32.5. The highest BCUT2D eigenvalue weighted by atomic mass is 28.3. The molecule has 5 rings (SSSR count). The molecule has 2 aromatic heterocycles. The molecule has 1 aromatic carbocycles. The number of carbonyl (C=O) groups is 1. The fourth-order valence-corrected chi connectivity index (χ4v) is 12.1. The van der Waals surface area contributed by atoms with E-state index in [-0.39, 0.29) is 18.1 Å². The predicted molar refractivity (Wildman–Crippen MR) is 187 cm³/mol. The lowest BCUT2D eigenvalue weighted by molar-refractivity contribution is 0.116. The Hall–Kier alpha value is -3.68. The first kappa shape index (κ1) is 32.7. The number of anilines is 4. The molecule has 10 heteroatoms. The largest absolute Gasteiger partial charge is 0.444 e. The van der Waals surface area contributed by atoms with Crippen molar-refractivity contribution in [1.29, 1.82) is 0 Å². The molecule has 0 aliphatic carbocycles. The van der Waals surface area contributed by atoms with E-state index in [4.69, 9.17) is 14.7 Å². The number of carbonyl (C=O) groups excluding carboxylic acids is 1. The van der Waals surface area contributed by atoms with Crippen LogP contribution in [0.15, 0.2) is 36.5 Å². The number of pyridine rings is 1. The van der Waals surface area contributed by atoms with E-state index < -0.39 is 8.07 Å². The number of hydrogen-bond donors (Lipinski definition) is 1. The monoisotopic (exact) mass is 627 g/mol. The molecule has 0 spiro atoms.